The average Bonchev–Trinajstić information content (AvgIpc) is 2.75. The fraction of sp³-hybridized carbons (Fsp3) is 0.333. The highest BCUT2D eigenvalue weighted by molar-refractivity contribution is 7.84. The molecule has 1 heterocycles. The number of aryl methyl sites for hydroxylation is 1. The van der Waals surface area contributed by atoms with Crippen molar-refractivity contribution in [1.29, 1.82) is 0 Å². The zero-order chi connectivity index (χ0) is 13.1. The topological polar surface area (TPSA) is 56.0 Å². The summed E-state index contributed by atoms with van der Waals surface area (Å²) in [6, 6.07) is 6.08. The van der Waals surface area contributed by atoms with Gasteiger partial charge in [-0.3, -0.25) is 4.21 Å². The van der Waals surface area contributed by atoms with Crippen LogP contribution in [0.15, 0.2) is 28.8 Å². The first-order valence-corrected chi connectivity index (χ1v) is 6.86. The van der Waals surface area contributed by atoms with Crippen molar-refractivity contribution < 1.29 is 13.1 Å². The Bertz CT molecular complexity index is 571. The van der Waals surface area contributed by atoms with Crippen LogP contribution in [0.4, 0.5) is 4.39 Å². The molecule has 0 saturated carbocycles. The molecule has 2 rings (SSSR count). The van der Waals surface area contributed by atoms with Crippen LogP contribution in [0.3, 0.4) is 0 Å². The van der Waals surface area contributed by atoms with Gasteiger partial charge < -0.3 is 4.52 Å². The van der Waals surface area contributed by atoms with Gasteiger partial charge in [0.25, 0.3) is 0 Å². The Kier molecular flexibility index (Phi) is 3.86. The van der Waals surface area contributed by atoms with Gasteiger partial charge in [0.1, 0.15) is 11.1 Å². The number of hydrogen-bond acceptors (Lipinski definition) is 4. The standard InChI is InChI=1S/C12H13FN2O2S/c1-8(12-14-9(2)15-17-12)18(16)7-10-4-3-5-11(13)6-10/h3-6,8H,7H2,1-2H3/t8-,18+/m1/s1. The normalized spacial score (nSPS) is 14.4. The minimum absolute atomic E-state index is 0.264. The SMILES string of the molecule is Cc1noc([C@@H](C)[S@@](=O)Cc2cccc(F)c2)n1. The lowest BCUT2D eigenvalue weighted by Crippen LogP contribution is -2.06. The maximum atomic E-state index is 13.0. The fourth-order valence-electron chi connectivity index (χ4n) is 1.51. The minimum Gasteiger partial charge on any atom is -0.338 e. The molecule has 4 nitrogen and oxygen atoms in total. The van der Waals surface area contributed by atoms with E-state index in [1.807, 2.05) is 0 Å². The van der Waals surface area contributed by atoms with Crippen LogP contribution in [0.1, 0.15) is 29.5 Å². The molecule has 0 aliphatic heterocycles. The predicted molar refractivity (Wildman–Crippen MR) is 65.7 cm³/mol. The molecule has 0 unspecified atom stereocenters. The van der Waals surface area contributed by atoms with Gasteiger partial charge in [-0.05, 0) is 31.5 Å². The highest BCUT2D eigenvalue weighted by Gasteiger charge is 2.20. The van der Waals surface area contributed by atoms with Crippen LogP contribution in [0.25, 0.3) is 0 Å². The Morgan fingerprint density at radius 3 is 2.89 bits per heavy atom. The first kappa shape index (κ1) is 12.9. The zero-order valence-electron chi connectivity index (χ0n) is 10.1. The summed E-state index contributed by atoms with van der Waals surface area (Å²) >= 11 is 0. The van der Waals surface area contributed by atoms with Gasteiger partial charge in [0.2, 0.25) is 5.89 Å². The van der Waals surface area contributed by atoms with Gasteiger partial charge in [-0.15, -0.1) is 0 Å². The molecule has 2 aromatic rings. The van der Waals surface area contributed by atoms with E-state index in [1.54, 1.807) is 26.0 Å². The van der Waals surface area contributed by atoms with Gasteiger partial charge in [0.15, 0.2) is 5.82 Å². The van der Waals surface area contributed by atoms with Gasteiger partial charge in [0.05, 0.1) is 0 Å². The molecule has 0 N–H and O–H groups in total. The van der Waals surface area contributed by atoms with Crippen molar-refractivity contribution in [2.24, 2.45) is 0 Å². The summed E-state index contributed by atoms with van der Waals surface area (Å²) in [5.41, 5.74) is 0.691. The molecule has 0 spiro atoms. The zero-order valence-corrected chi connectivity index (χ0v) is 10.9. The molecule has 1 aromatic carbocycles. The van der Waals surface area contributed by atoms with Gasteiger partial charge >= 0.3 is 0 Å². The van der Waals surface area contributed by atoms with Crippen molar-refractivity contribution in [3.63, 3.8) is 0 Å². The molecular formula is C12H13FN2O2S. The fourth-order valence-corrected chi connectivity index (χ4v) is 2.59. The lowest BCUT2D eigenvalue weighted by molar-refractivity contribution is 0.375. The molecule has 0 aliphatic rings. The van der Waals surface area contributed by atoms with E-state index >= 15 is 0 Å². The molecule has 0 saturated heterocycles. The van der Waals surface area contributed by atoms with Gasteiger partial charge in [0, 0.05) is 16.6 Å². The van der Waals surface area contributed by atoms with Crippen LogP contribution in [0, 0.1) is 12.7 Å². The van der Waals surface area contributed by atoms with Crippen molar-refractivity contribution in [3.05, 3.63) is 47.4 Å². The average molecular weight is 268 g/mol. The Balaban J connectivity index is 2.08. The molecule has 0 fully saturated rings. The van der Waals surface area contributed by atoms with E-state index in [9.17, 15) is 8.60 Å². The largest absolute Gasteiger partial charge is 0.338 e. The number of rotatable bonds is 4. The molecule has 2 atom stereocenters. The summed E-state index contributed by atoms with van der Waals surface area (Å²) < 4.78 is 30.1. The second kappa shape index (κ2) is 5.39. The summed E-state index contributed by atoms with van der Waals surface area (Å²) in [5.74, 6) is 0.799. The molecular weight excluding hydrogens is 255 g/mol. The highest BCUT2D eigenvalue weighted by Crippen LogP contribution is 2.20. The Labute approximate surface area is 107 Å². The third-order valence-corrected chi connectivity index (χ3v) is 4.09. The lowest BCUT2D eigenvalue weighted by Gasteiger charge is -2.07. The lowest BCUT2D eigenvalue weighted by atomic mass is 10.2. The number of hydrogen-bond donors (Lipinski definition) is 0. The Hall–Kier alpha value is -1.56. The van der Waals surface area contributed by atoms with Crippen LogP contribution < -0.4 is 0 Å². The highest BCUT2D eigenvalue weighted by atomic mass is 32.2. The van der Waals surface area contributed by atoms with Crippen LogP contribution >= 0.6 is 0 Å². The summed E-state index contributed by atoms with van der Waals surface area (Å²) in [7, 11) is -1.22. The maximum absolute atomic E-state index is 13.0. The summed E-state index contributed by atoms with van der Waals surface area (Å²) in [5, 5.41) is 3.29. The van der Waals surface area contributed by atoms with Crippen molar-refractivity contribution in [2.45, 2.75) is 24.9 Å². The number of nitrogens with zero attached hydrogens (tertiary/aromatic N) is 2. The van der Waals surface area contributed by atoms with E-state index in [-0.39, 0.29) is 16.8 Å². The van der Waals surface area contributed by atoms with Crippen LogP contribution in [0.5, 0.6) is 0 Å². The molecule has 18 heavy (non-hydrogen) atoms. The third kappa shape index (κ3) is 3.01. The van der Waals surface area contributed by atoms with E-state index in [0.29, 0.717) is 17.3 Å². The summed E-state index contributed by atoms with van der Waals surface area (Å²) in [6.45, 7) is 3.46. The van der Waals surface area contributed by atoms with Gasteiger partial charge in [-0.2, -0.15) is 4.98 Å². The summed E-state index contributed by atoms with van der Waals surface area (Å²) in [4.78, 5) is 4.05. The molecule has 0 amide bonds. The first-order chi connectivity index (χ1) is 8.56. The number of aromatic nitrogens is 2. The second-order valence-electron chi connectivity index (χ2n) is 3.98. The predicted octanol–water partition coefficient (Wildman–Crippen LogP) is 2.53. The molecule has 6 heteroatoms. The number of halogens is 1. The van der Waals surface area contributed by atoms with E-state index in [2.05, 4.69) is 10.1 Å². The van der Waals surface area contributed by atoms with E-state index < -0.39 is 10.8 Å². The van der Waals surface area contributed by atoms with Gasteiger partial charge in [-0.1, -0.05) is 17.3 Å². The van der Waals surface area contributed by atoms with Crippen LogP contribution in [-0.2, 0) is 16.6 Å². The van der Waals surface area contributed by atoms with Crippen LogP contribution in [-0.4, -0.2) is 14.3 Å². The van der Waals surface area contributed by atoms with Gasteiger partial charge in [-0.25, -0.2) is 4.39 Å². The van der Waals surface area contributed by atoms with E-state index in [1.165, 1.54) is 12.1 Å². The van der Waals surface area contributed by atoms with Crippen molar-refractivity contribution >= 4 is 10.8 Å². The molecule has 0 radical (unpaired) electrons. The molecule has 1 aromatic heterocycles. The maximum Gasteiger partial charge on any atom is 0.242 e. The smallest absolute Gasteiger partial charge is 0.242 e. The molecule has 96 valence electrons. The Morgan fingerprint density at radius 1 is 1.50 bits per heavy atom. The van der Waals surface area contributed by atoms with Crippen molar-refractivity contribution in [3.8, 4) is 0 Å². The van der Waals surface area contributed by atoms with E-state index in [0.717, 1.165) is 0 Å². The second-order valence-corrected chi connectivity index (χ2v) is 5.73. The monoisotopic (exact) mass is 268 g/mol. The minimum atomic E-state index is -1.22. The summed E-state index contributed by atoms with van der Waals surface area (Å²) in [6.07, 6.45) is 0. The third-order valence-electron chi connectivity index (χ3n) is 2.48. The molecule has 0 aliphatic carbocycles. The Morgan fingerprint density at radius 2 is 2.28 bits per heavy atom. The molecule has 0 bridgehead atoms. The number of benzene rings is 1. The van der Waals surface area contributed by atoms with Crippen LogP contribution in [0.2, 0.25) is 0 Å². The van der Waals surface area contributed by atoms with Crippen molar-refractivity contribution in [1.82, 2.24) is 10.1 Å². The first-order valence-electron chi connectivity index (χ1n) is 5.48. The van der Waals surface area contributed by atoms with Crippen molar-refractivity contribution in [2.75, 3.05) is 0 Å². The quantitative estimate of drug-likeness (QED) is 0.855. The van der Waals surface area contributed by atoms with E-state index in [4.69, 9.17) is 4.52 Å².